The number of hydrogen-bond acceptors (Lipinski definition) is 4. The van der Waals surface area contributed by atoms with Crippen molar-refractivity contribution < 1.29 is 9.13 Å². The van der Waals surface area contributed by atoms with Crippen LogP contribution in [0, 0.1) is 5.82 Å². The number of likely N-dealkylation sites (tertiary alicyclic amines) is 1. The molecule has 2 fully saturated rings. The maximum absolute atomic E-state index is 14.7. The minimum atomic E-state index is -0.185. The quantitative estimate of drug-likeness (QED) is 0.318. The topological polar surface area (TPSA) is 52.1 Å². The normalized spacial score (nSPS) is 21.5. The van der Waals surface area contributed by atoms with E-state index < -0.39 is 0 Å². The van der Waals surface area contributed by atoms with E-state index in [1.165, 1.54) is 5.56 Å². The number of nitrogens with one attached hydrogen (secondary N) is 2. The maximum Gasteiger partial charge on any atom is 0.191 e. The summed E-state index contributed by atoms with van der Waals surface area (Å²) >= 11 is 0. The molecule has 6 nitrogen and oxygen atoms in total. The van der Waals surface area contributed by atoms with E-state index in [2.05, 4.69) is 57.8 Å². The predicted octanol–water partition coefficient (Wildman–Crippen LogP) is 3.61. The van der Waals surface area contributed by atoms with Gasteiger partial charge in [0.2, 0.25) is 0 Å². The molecule has 2 aromatic carbocycles. The lowest BCUT2D eigenvalue weighted by Crippen LogP contribution is -2.44. The molecule has 2 aromatic rings. The van der Waals surface area contributed by atoms with Gasteiger partial charge in [0.15, 0.2) is 5.96 Å². The van der Waals surface area contributed by atoms with E-state index in [0.29, 0.717) is 37.5 Å². The Morgan fingerprint density at radius 2 is 1.88 bits per heavy atom. The summed E-state index contributed by atoms with van der Waals surface area (Å²) in [6.45, 7) is 7.48. The highest BCUT2D eigenvalue weighted by Gasteiger charge is 2.29. The molecule has 0 aromatic heterocycles. The van der Waals surface area contributed by atoms with Crippen LogP contribution in [-0.4, -0.2) is 62.8 Å². The van der Waals surface area contributed by atoms with Crippen molar-refractivity contribution in [3.05, 3.63) is 65.5 Å². The molecular weight excluding hydrogens is 532 g/mol. The van der Waals surface area contributed by atoms with Crippen LogP contribution >= 0.6 is 24.0 Å². The van der Waals surface area contributed by atoms with Crippen LogP contribution in [0.3, 0.4) is 0 Å². The van der Waals surface area contributed by atoms with Gasteiger partial charge in [-0.25, -0.2) is 4.39 Å². The fourth-order valence-electron chi connectivity index (χ4n) is 4.54. The first kappa shape index (κ1) is 25.7. The Morgan fingerprint density at radius 1 is 1.12 bits per heavy atom. The number of rotatable bonds is 6. The highest BCUT2D eigenvalue weighted by molar-refractivity contribution is 14.0. The zero-order valence-corrected chi connectivity index (χ0v) is 21.8. The smallest absolute Gasteiger partial charge is 0.191 e. The third-order valence-electron chi connectivity index (χ3n) is 6.32. The molecule has 2 aliphatic rings. The molecule has 2 N–H and O–H groups in total. The maximum atomic E-state index is 14.7. The summed E-state index contributed by atoms with van der Waals surface area (Å²) in [5.74, 6) is 0.566. The van der Waals surface area contributed by atoms with Crippen molar-refractivity contribution in [2.24, 2.45) is 4.99 Å². The summed E-state index contributed by atoms with van der Waals surface area (Å²) < 4.78 is 20.0. The van der Waals surface area contributed by atoms with Crippen LogP contribution < -0.4 is 15.5 Å². The highest BCUT2D eigenvalue weighted by Crippen LogP contribution is 2.22. The van der Waals surface area contributed by atoms with Crippen molar-refractivity contribution in [2.45, 2.75) is 38.5 Å². The zero-order chi connectivity index (χ0) is 22.3. The van der Waals surface area contributed by atoms with Crippen molar-refractivity contribution in [1.29, 1.82) is 0 Å². The van der Waals surface area contributed by atoms with E-state index in [1.807, 2.05) is 17.0 Å². The summed E-state index contributed by atoms with van der Waals surface area (Å²) in [4.78, 5) is 8.91. The van der Waals surface area contributed by atoms with Crippen LogP contribution in [0.25, 0.3) is 0 Å². The van der Waals surface area contributed by atoms with Gasteiger partial charge in [0.05, 0.1) is 18.9 Å². The summed E-state index contributed by atoms with van der Waals surface area (Å²) in [5, 5.41) is 6.88. The Balaban J connectivity index is 0.00000306. The van der Waals surface area contributed by atoms with Crippen molar-refractivity contribution in [3.63, 3.8) is 0 Å². The largest absolute Gasteiger partial charge is 0.378 e. The zero-order valence-electron chi connectivity index (χ0n) is 19.5. The number of benzene rings is 2. The molecular formula is C25H35FIN5O. The van der Waals surface area contributed by atoms with Gasteiger partial charge in [-0.2, -0.15) is 0 Å². The molecule has 2 atom stereocenters. The Hall–Kier alpha value is -1.91. The van der Waals surface area contributed by atoms with Crippen molar-refractivity contribution >= 4 is 35.6 Å². The Labute approximate surface area is 213 Å². The highest BCUT2D eigenvalue weighted by atomic mass is 127. The van der Waals surface area contributed by atoms with Crippen molar-refractivity contribution in [3.8, 4) is 0 Å². The number of halogens is 2. The lowest BCUT2D eigenvalue weighted by Gasteiger charge is -2.29. The Kier molecular flexibility index (Phi) is 9.76. The standard InChI is InChI=1S/C25H34FN5O.HI/c1-19-14-22(18-31(19)17-20-6-4-3-5-7-20)29-25(27-2)28-16-21-8-9-24(23(26)15-21)30-10-12-32-13-11-30;/h3-9,15,19,22H,10-14,16-18H2,1-2H3,(H2,27,28,29);1H. The number of guanidine groups is 1. The summed E-state index contributed by atoms with van der Waals surface area (Å²) in [7, 11) is 1.78. The molecule has 0 bridgehead atoms. The van der Waals surface area contributed by atoms with Crippen LogP contribution in [0.5, 0.6) is 0 Å². The van der Waals surface area contributed by atoms with Gasteiger partial charge in [-0.1, -0.05) is 36.4 Å². The number of hydrogen-bond donors (Lipinski definition) is 2. The predicted molar refractivity (Wildman–Crippen MR) is 143 cm³/mol. The number of ether oxygens (including phenoxy) is 1. The van der Waals surface area contributed by atoms with Crippen LogP contribution in [0.1, 0.15) is 24.5 Å². The minimum Gasteiger partial charge on any atom is -0.378 e. The first-order valence-corrected chi connectivity index (χ1v) is 11.5. The lowest BCUT2D eigenvalue weighted by molar-refractivity contribution is 0.122. The summed E-state index contributed by atoms with van der Waals surface area (Å²) in [6.07, 6.45) is 1.07. The molecule has 180 valence electrons. The van der Waals surface area contributed by atoms with Crippen LogP contribution in [0.15, 0.2) is 53.5 Å². The number of aliphatic imine (C=N–C) groups is 1. The minimum absolute atomic E-state index is 0. The van der Waals surface area contributed by atoms with Crippen LogP contribution in [-0.2, 0) is 17.8 Å². The Morgan fingerprint density at radius 3 is 2.58 bits per heavy atom. The second kappa shape index (κ2) is 12.5. The molecule has 0 spiro atoms. The van der Waals surface area contributed by atoms with Gasteiger partial charge in [-0.3, -0.25) is 9.89 Å². The molecule has 2 aliphatic heterocycles. The van der Waals surface area contributed by atoms with E-state index in [1.54, 1.807) is 13.1 Å². The van der Waals surface area contributed by atoms with Crippen LogP contribution in [0.2, 0.25) is 0 Å². The van der Waals surface area contributed by atoms with Gasteiger partial charge in [-0.05, 0) is 36.6 Å². The van der Waals surface area contributed by atoms with Gasteiger partial charge >= 0.3 is 0 Å². The number of nitrogens with zero attached hydrogens (tertiary/aromatic N) is 3. The molecule has 2 saturated heterocycles. The molecule has 8 heteroatoms. The fraction of sp³-hybridized carbons (Fsp3) is 0.480. The van der Waals surface area contributed by atoms with Gasteiger partial charge in [-0.15, -0.1) is 24.0 Å². The Bertz CT molecular complexity index is 907. The summed E-state index contributed by atoms with van der Waals surface area (Å²) in [5.41, 5.74) is 2.89. The second-order valence-electron chi connectivity index (χ2n) is 8.65. The first-order valence-electron chi connectivity index (χ1n) is 11.5. The fourth-order valence-corrected chi connectivity index (χ4v) is 4.54. The van der Waals surface area contributed by atoms with Crippen LogP contribution in [0.4, 0.5) is 10.1 Å². The molecule has 33 heavy (non-hydrogen) atoms. The average molecular weight is 567 g/mol. The number of anilines is 1. The third kappa shape index (κ3) is 7.04. The molecule has 2 heterocycles. The molecule has 0 saturated carbocycles. The average Bonchev–Trinajstić information content (AvgIpc) is 3.16. The van der Waals surface area contributed by atoms with Gasteiger partial charge in [0, 0.05) is 51.9 Å². The SMILES string of the molecule is CN=C(NCc1ccc(N2CCOCC2)c(F)c1)NC1CC(C)N(Cc2ccccc2)C1.I. The molecule has 0 radical (unpaired) electrons. The third-order valence-corrected chi connectivity index (χ3v) is 6.32. The van der Waals surface area contributed by atoms with E-state index in [-0.39, 0.29) is 29.8 Å². The van der Waals surface area contributed by atoms with Crippen molar-refractivity contribution in [2.75, 3.05) is 44.8 Å². The van der Waals surface area contributed by atoms with Crippen molar-refractivity contribution in [1.82, 2.24) is 15.5 Å². The first-order chi connectivity index (χ1) is 15.6. The summed E-state index contributed by atoms with van der Waals surface area (Å²) in [6, 6.07) is 16.9. The van der Waals surface area contributed by atoms with Gasteiger partial charge < -0.3 is 20.3 Å². The van der Waals surface area contributed by atoms with E-state index in [4.69, 9.17) is 4.74 Å². The lowest BCUT2D eigenvalue weighted by atomic mass is 10.1. The number of morpholine rings is 1. The van der Waals surface area contributed by atoms with Gasteiger partial charge in [0.1, 0.15) is 5.82 Å². The van der Waals surface area contributed by atoms with E-state index in [0.717, 1.165) is 44.1 Å². The van der Waals surface area contributed by atoms with E-state index >= 15 is 0 Å². The second-order valence-corrected chi connectivity index (χ2v) is 8.65. The molecule has 4 rings (SSSR count). The molecule has 0 aliphatic carbocycles. The molecule has 2 unspecified atom stereocenters. The van der Waals surface area contributed by atoms with Gasteiger partial charge in [0.25, 0.3) is 0 Å². The van der Waals surface area contributed by atoms with E-state index in [9.17, 15) is 4.39 Å². The monoisotopic (exact) mass is 567 g/mol. The molecule has 0 amide bonds.